The lowest BCUT2D eigenvalue weighted by atomic mass is 10.2. The summed E-state index contributed by atoms with van der Waals surface area (Å²) in [6.45, 7) is 1.95. The summed E-state index contributed by atoms with van der Waals surface area (Å²) in [7, 11) is -2.96. The van der Waals surface area contributed by atoms with Crippen LogP contribution in [0.5, 0.6) is 0 Å². The molecule has 0 aliphatic heterocycles. The molecule has 132 valence electrons. The summed E-state index contributed by atoms with van der Waals surface area (Å²) in [5.41, 5.74) is 1.41. The van der Waals surface area contributed by atoms with Crippen molar-refractivity contribution in [2.45, 2.75) is 18.2 Å². The quantitative estimate of drug-likeness (QED) is 0.630. The average molecular weight is 363 g/mol. The van der Waals surface area contributed by atoms with Crippen LogP contribution < -0.4 is 5.32 Å². The highest BCUT2D eigenvalue weighted by atomic mass is 32.2. The lowest BCUT2D eigenvalue weighted by molar-refractivity contribution is -0.135. The number of rotatable bonds is 6. The minimum atomic E-state index is -4.07. The van der Waals surface area contributed by atoms with Gasteiger partial charge in [-0.2, -0.15) is 0 Å². The second-order valence-electron chi connectivity index (χ2n) is 5.15. The van der Waals surface area contributed by atoms with Crippen LogP contribution in [-0.4, -0.2) is 21.5 Å². The van der Waals surface area contributed by atoms with Gasteiger partial charge >= 0.3 is 5.97 Å². The third-order valence-corrected chi connectivity index (χ3v) is 5.29. The third kappa shape index (κ3) is 4.45. The third-order valence-electron chi connectivity index (χ3n) is 3.53. The van der Waals surface area contributed by atoms with Gasteiger partial charge in [0.05, 0.1) is 12.0 Å². The molecule has 0 saturated carbocycles. The highest BCUT2D eigenvalue weighted by Gasteiger charge is 2.28. The molecule has 0 fully saturated rings. The van der Waals surface area contributed by atoms with E-state index in [1.807, 2.05) is 6.92 Å². The average Bonchev–Trinajstić information content (AvgIpc) is 2.63. The van der Waals surface area contributed by atoms with E-state index in [0.717, 1.165) is 25.3 Å². The smallest absolute Gasteiger partial charge is 0.351 e. The zero-order valence-corrected chi connectivity index (χ0v) is 14.6. The fourth-order valence-electron chi connectivity index (χ4n) is 2.07. The van der Waals surface area contributed by atoms with Gasteiger partial charge in [-0.25, -0.2) is 17.6 Å². The number of anilines is 1. The second kappa shape index (κ2) is 7.94. The van der Waals surface area contributed by atoms with Gasteiger partial charge in [0.25, 0.3) is 0 Å². The summed E-state index contributed by atoms with van der Waals surface area (Å²) in [6.07, 6.45) is 1.81. The number of aryl methyl sites for hydroxylation is 1. The normalized spacial score (nSPS) is 11.9. The Balaban J connectivity index is 2.39. The second-order valence-corrected chi connectivity index (χ2v) is 7.07. The molecule has 0 radical (unpaired) electrons. The molecule has 0 heterocycles. The standard InChI is InChI=1S/C18H18FNO4S/c1-3-13-4-10-16(11-5-13)25(22,23)17(18(21)24-2)12-20-15-8-6-14(19)7-9-15/h4-12,20H,3H2,1-2H3. The molecule has 0 unspecified atom stereocenters. The maximum Gasteiger partial charge on any atom is 0.351 e. The van der Waals surface area contributed by atoms with Crippen LogP contribution in [0.1, 0.15) is 12.5 Å². The van der Waals surface area contributed by atoms with Crippen LogP contribution in [0.15, 0.2) is 64.5 Å². The first-order valence-corrected chi connectivity index (χ1v) is 9.01. The van der Waals surface area contributed by atoms with E-state index in [9.17, 15) is 17.6 Å². The summed E-state index contributed by atoms with van der Waals surface area (Å²) in [5, 5.41) is 2.68. The fraction of sp³-hybridized carbons (Fsp3) is 0.167. The molecular weight excluding hydrogens is 345 g/mol. The summed E-state index contributed by atoms with van der Waals surface area (Å²) in [6, 6.07) is 11.5. The van der Waals surface area contributed by atoms with Gasteiger partial charge < -0.3 is 10.1 Å². The number of nitrogens with one attached hydrogen (secondary N) is 1. The Morgan fingerprint density at radius 1 is 1.12 bits per heavy atom. The number of hydrogen-bond donors (Lipinski definition) is 1. The van der Waals surface area contributed by atoms with Gasteiger partial charge in [0.1, 0.15) is 5.82 Å². The highest BCUT2D eigenvalue weighted by molar-refractivity contribution is 7.96. The van der Waals surface area contributed by atoms with Crippen LogP contribution in [0.4, 0.5) is 10.1 Å². The molecule has 0 saturated heterocycles. The minimum Gasteiger partial charge on any atom is -0.465 e. The van der Waals surface area contributed by atoms with Crippen LogP contribution in [0.2, 0.25) is 0 Å². The van der Waals surface area contributed by atoms with Gasteiger partial charge in [-0.1, -0.05) is 19.1 Å². The highest BCUT2D eigenvalue weighted by Crippen LogP contribution is 2.21. The Labute approximate surface area is 146 Å². The van der Waals surface area contributed by atoms with E-state index < -0.39 is 26.5 Å². The largest absolute Gasteiger partial charge is 0.465 e. The maximum absolute atomic E-state index is 12.9. The van der Waals surface area contributed by atoms with Crippen LogP contribution >= 0.6 is 0 Å². The lowest BCUT2D eigenvalue weighted by Gasteiger charge is -2.09. The molecule has 2 aromatic rings. The molecule has 0 aromatic heterocycles. The van der Waals surface area contributed by atoms with Gasteiger partial charge in [-0.15, -0.1) is 0 Å². The van der Waals surface area contributed by atoms with E-state index in [-0.39, 0.29) is 4.90 Å². The Morgan fingerprint density at radius 3 is 2.24 bits per heavy atom. The number of esters is 1. The predicted octanol–water partition coefficient (Wildman–Crippen LogP) is 3.29. The molecule has 0 aliphatic carbocycles. The number of methoxy groups -OCH3 is 1. The Morgan fingerprint density at radius 2 is 1.72 bits per heavy atom. The fourth-order valence-corrected chi connectivity index (χ4v) is 3.34. The monoisotopic (exact) mass is 363 g/mol. The van der Waals surface area contributed by atoms with Crippen molar-refractivity contribution in [2.75, 3.05) is 12.4 Å². The molecule has 0 spiro atoms. The van der Waals surface area contributed by atoms with E-state index in [1.165, 1.54) is 36.4 Å². The molecule has 0 bridgehead atoms. The van der Waals surface area contributed by atoms with Crippen molar-refractivity contribution >= 4 is 21.5 Å². The van der Waals surface area contributed by atoms with Crippen LogP contribution in [-0.2, 0) is 25.8 Å². The first kappa shape index (κ1) is 18.7. The van der Waals surface area contributed by atoms with Gasteiger partial charge in [-0.3, -0.25) is 0 Å². The van der Waals surface area contributed by atoms with Crippen LogP contribution in [0.3, 0.4) is 0 Å². The van der Waals surface area contributed by atoms with Gasteiger partial charge in [-0.05, 0) is 48.4 Å². The topological polar surface area (TPSA) is 72.5 Å². The summed E-state index contributed by atoms with van der Waals surface area (Å²) in [4.78, 5) is 11.4. The van der Waals surface area contributed by atoms with Crippen molar-refractivity contribution in [1.82, 2.24) is 0 Å². The van der Waals surface area contributed by atoms with Crippen molar-refractivity contribution in [3.05, 3.63) is 71.0 Å². The zero-order valence-electron chi connectivity index (χ0n) is 13.8. The molecule has 1 N–H and O–H groups in total. The molecular formula is C18H18FNO4S. The van der Waals surface area contributed by atoms with Crippen molar-refractivity contribution < 1.29 is 22.3 Å². The molecule has 7 heteroatoms. The first-order chi connectivity index (χ1) is 11.9. The van der Waals surface area contributed by atoms with E-state index in [2.05, 4.69) is 10.1 Å². The van der Waals surface area contributed by atoms with Gasteiger partial charge in [0.15, 0.2) is 4.91 Å². The summed E-state index contributed by atoms with van der Waals surface area (Å²) >= 11 is 0. The number of hydrogen-bond acceptors (Lipinski definition) is 5. The van der Waals surface area contributed by atoms with Crippen molar-refractivity contribution in [3.63, 3.8) is 0 Å². The summed E-state index contributed by atoms with van der Waals surface area (Å²) in [5.74, 6) is -1.42. The van der Waals surface area contributed by atoms with E-state index in [1.54, 1.807) is 12.1 Å². The predicted molar refractivity (Wildman–Crippen MR) is 93.1 cm³/mol. The number of carbonyl (C=O) groups is 1. The maximum atomic E-state index is 12.9. The van der Waals surface area contributed by atoms with Crippen molar-refractivity contribution in [1.29, 1.82) is 0 Å². The summed E-state index contributed by atoms with van der Waals surface area (Å²) < 4.78 is 43.0. The van der Waals surface area contributed by atoms with E-state index in [4.69, 9.17) is 0 Å². The molecule has 2 aromatic carbocycles. The van der Waals surface area contributed by atoms with Crippen LogP contribution in [0, 0.1) is 5.82 Å². The van der Waals surface area contributed by atoms with E-state index in [0.29, 0.717) is 5.69 Å². The van der Waals surface area contributed by atoms with Crippen molar-refractivity contribution in [3.8, 4) is 0 Å². The number of carbonyl (C=O) groups excluding carboxylic acids is 1. The Hall–Kier alpha value is -2.67. The van der Waals surface area contributed by atoms with Crippen molar-refractivity contribution in [2.24, 2.45) is 0 Å². The van der Waals surface area contributed by atoms with Gasteiger partial charge in [0.2, 0.25) is 9.84 Å². The Kier molecular flexibility index (Phi) is 5.93. The van der Waals surface area contributed by atoms with Crippen LogP contribution in [0.25, 0.3) is 0 Å². The van der Waals surface area contributed by atoms with Gasteiger partial charge in [0, 0.05) is 11.9 Å². The SMILES string of the molecule is CCc1ccc(S(=O)(=O)C(=CNc2ccc(F)cc2)C(=O)OC)cc1. The number of sulfone groups is 1. The molecule has 25 heavy (non-hydrogen) atoms. The lowest BCUT2D eigenvalue weighted by Crippen LogP contribution is -2.17. The van der Waals surface area contributed by atoms with E-state index >= 15 is 0 Å². The molecule has 0 aliphatic rings. The number of ether oxygens (including phenoxy) is 1. The first-order valence-electron chi connectivity index (χ1n) is 7.53. The number of halogens is 1. The number of benzene rings is 2. The Bertz CT molecular complexity index is 872. The molecule has 0 atom stereocenters. The molecule has 0 amide bonds. The molecule has 2 rings (SSSR count). The molecule has 5 nitrogen and oxygen atoms in total. The zero-order chi connectivity index (χ0) is 18.4. The minimum absolute atomic E-state index is 0.0118.